The molecule has 2 aliphatic rings. The van der Waals surface area contributed by atoms with Crippen LogP contribution in [0.3, 0.4) is 0 Å². The normalized spacial score (nSPS) is 19.0. The fourth-order valence-electron chi connectivity index (χ4n) is 2.56. The van der Waals surface area contributed by atoms with Crippen molar-refractivity contribution in [2.45, 2.75) is 32.2 Å². The molecule has 0 atom stereocenters. The quantitative estimate of drug-likeness (QED) is 0.690. The first-order valence-corrected chi connectivity index (χ1v) is 7.72. The maximum Gasteiger partial charge on any atom is 0.0312 e. The first-order chi connectivity index (χ1) is 9.40. The molecule has 0 amide bonds. The Morgan fingerprint density at radius 3 is 2.47 bits per heavy atom. The van der Waals surface area contributed by atoms with Gasteiger partial charge in [0.1, 0.15) is 0 Å². The maximum absolute atomic E-state index is 4.14. The highest BCUT2D eigenvalue weighted by molar-refractivity contribution is 5.07. The van der Waals surface area contributed by atoms with E-state index in [0.29, 0.717) is 0 Å². The number of rotatable bonds is 9. The largest absolute Gasteiger partial charge is 0.311 e. The van der Waals surface area contributed by atoms with E-state index in [1.807, 2.05) is 18.5 Å². The van der Waals surface area contributed by atoms with Gasteiger partial charge in [0.2, 0.25) is 0 Å². The Hall–Kier alpha value is -0.930. The van der Waals surface area contributed by atoms with Gasteiger partial charge in [-0.1, -0.05) is 6.07 Å². The summed E-state index contributed by atoms with van der Waals surface area (Å²) in [5.74, 6) is 2.02. The molecule has 2 fully saturated rings. The van der Waals surface area contributed by atoms with Crippen molar-refractivity contribution in [3.05, 3.63) is 30.1 Å². The van der Waals surface area contributed by atoms with Crippen molar-refractivity contribution in [3.63, 3.8) is 0 Å². The predicted molar refractivity (Wildman–Crippen MR) is 77.8 cm³/mol. The van der Waals surface area contributed by atoms with Crippen LogP contribution in [0.1, 0.15) is 31.2 Å². The highest BCUT2D eigenvalue weighted by Gasteiger charge is 2.28. The topological polar surface area (TPSA) is 28.2 Å². The van der Waals surface area contributed by atoms with E-state index >= 15 is 0 Å². The summed E-state index contributed by atoms with van der Waals surface area (Å²) < 4.78 is 0. The summed E-state index contributed by atoms with van der Waals surface area (Å²) in [7, 11) is 0. The van der Waals surface area contributed by atoms with Crippen molar-refractivity contribution in [2.75, 3.05) is 26.2 Å². The van der Waals surface area contributed by atoms with Crippen LogP contribution in [-0.4, -0.2) is 36.1 Å². The molecular weight excluding hydrogens is 234 g/mol. The van der Waals surface area contributed by atoms with Crippen molar-refractivity contribution in [1.82, 2.24) is 15.2 Å². The Balaban J connectivity index is 1.34. The van der Waals surface area contributed by atoms with E-state index in [4.69, 9.17) is 0 Å². The lowest BCUT2D eigenvalue weighted by Crippen LogP contribution is -2.35. The molecule has 0 radical (unpaired) electrons. The molecule has 2 aliphatic carbocycles. The molecule has 3 heteroatoms. The number of pyridine rings is 1. The van der Waals surface area contributed by atoms with Crippen LogP contribution in [0.25, 0.3) is 0 Å². The van der Waals surface area contributed by atoms with Crippen LogP contribution in [0.5, 0.6) is 0 Å². The fourth-order valence-corrected chi connectivity index (χ4v) is 2.56. The van der Waals surface area contributed by atoms with E-state index in [9.17, 15) is 0 Å². The summed E-state index contributed by atoms with van der Waals surface area (Å²) in [6, 6.07) is 4.13. The molecule has 0 saturated heterocycles. The maximum atomic E-state index is 4.14. The van der Waals surface area contributed by atoms with Gasteiger partial charge in [-0.05, 0) is 49.1 Å². The minimum atomic E-state index is 0.939. The molecule has 3 rings (SSSR count). The number of nitrogens with zero attached hydrogens (tertiary/aromatic N) is 2. The van der Waals surface area contributed by atoms with E-state index in [1.165, 1.54) is 50.9 Å². The van der Waals surface area contributed by atoms with E-state index in [1.54, 1.807) is 0 Å². The van der Waals surface area contributed by atoms with Crippen molar-refractivity contribution in [2.24, 2.45) is 11.8 Å². The number of hydrogen-bond donors (Lipinski definition) is 1. The van der Waals surface area contributed by atoms with Gasteiger partial charge < -0.3 is 10.2 Å². The summed E-state index contributed by atoms with van der Waals surface area (Å²) in [4.78, 5) is 6.83. The molecule has 1 aromatic heterocycles. The van der Waals surface area contributed by atoms with E-state index in [-0.39, 0.29) is 0 Å². The Labute approximate surface area is 116 Å². The van der Waals surface area contributed by atoms with Gasteiger partial charge in [-0.15, -0.1) is 0 Å². The second kappa shape index (κ2) is 6.49. The highest BCUT2D eigenvalue weighted by Crippen LogP contribution is 2.33. The molecule has 0 aliphatic heterocycles. The summed E-state index contributed by atoms with van der Waals surface area (Å²) >= 11 is 0. The SMILES string of the molecule is c1cncc(CNCCN(CC2CC2)CC2CC2)c1. The van der Waals surface area contributed by atoms with Gasteiger partial charge >= 0.3 is 0 Å². The van der Waals surface area contributed by atoms with Gasteiger partial charge in [-0.25, -0.2) is 0 Å². The molecular formula is C16H25N3. The zero-order valence-electron chi connectivity index (χ0n) is 11.7. The van der Waals surface area contributed by atoms with Crippen LogP contribution in [0, 0.1) is 11.8 Å². The lowest BCUT2D eigenvalue weighted by Gasteiger charge is -2.22. The van der Waals surface area contributed by atoms with E-state index < -0.39 is 0 Å². The number of aromatic nitrogens is 1. The molecule has 1 heterocycles. The molecule has 3 nitrogen and oxygen atoms in total. The van der Waals surface area contributed by atoms with Crippen LogP contribution < -0.4 is 5.32 Å². The minimum Gasteiger partial charge on any atom is -0.311 e. The first kappa shape index (κ1) is 13.1. The van der Waals surface area contributed by atoms with Gasteiger partial charge in [0.15, 0.2) is 0 Å². The van der Waals surface area contributed by atoms with Gasteiger partial charge in [-0.2, -0.15) is 0 Å². The molecule has 0 unspecified atom stereocenters. The monoisotopic (exact) mass is 259 g/mol. The molecule has 1 aromatic rings. The van der Waals surface area contributed by atoms with Crippen LogP contribution in [0.15, 0.2) is 24.5 Å². The lowest BCUT2D eigenvalue weighted by atomic mass is 10.3. The third-order valence-electron chi connectivity index (χ3n) is 4.08. The third-order valence-corrected chi connectivity index (χ3v) is 4.08. The fraction of sp³-hybridized carbons (Fsp3) is 0.688. The minimum absolute atomic E-state index is 0.939. The van der Waals surface area contributed by atoms with Crippen molar-refractivity contribution in [3.8, 4) is 0 Å². The average Bonchev–Trinajstić information content (AvgIpc) is 3.32. The van der Waals surface area contributed by atoms with Gasteiger partial charge in [0.25, 0.3) is 0 Å². The lowest BCUT2D eigenvalue weighted by molar-refractivity contribution is 0.252. The molecule has 19 heavy (non-hydrogen) atoms. The van der Waals surface area contributed by atoms with Crippen molar-refractivity contribution >= 4 is 0 Å². The number of hydrogen-bond acceptors (Lipinski definition) is 3. The van der Waals surface area contributed by atoms with Gasteiger partial charge in [0.05, 0.1) is 0 Å². The molecule has 2 saturated carbocycles. The summed E-state index contributed by atoms with van der Waals surface area (Å²) in [5.41, 5.74) is 1.28. The van der Waals surface area contributed by atoms with Gasteiger partial charge in [0, 0.05) is 45.1 Å². The molecule has 1 N–H and O–H groups in total. The van der Waals surface area contributed by atoms with Crippen LogP contribution in [0.4, 0.5) is 0 Å². The van der Waals surface area contributed by atoms with Crippen LogP contribution >= 0.6 is 0 Å². The second-order valence-electron chi connectivity index (χ2n) is 6.18. The van der Waals surface area contributed by atoms with E-state index in [0.717, 1.165) is 24.9 Å². The molecule has 0 bridgehead atoms. The zero-order valence-corrected chi connectivity index (χ0v) is 11.7. The Morgan fingerprint density at radius 1 is 1.16 bits per heavy atom. The summed E-state index contributed by atoms with van der Waals surface area (Å²) in [6.07, 6.45) is 9.62. The first-order valence-electron chi connectivity index (χ1n) is 7.72. The molecule has 0 aromatic carbocycles. The summed E-state index contributed by atoms with van der Waals surface area (Å²) in [5, 5.41) is 3.54. The Morgan fingerprint density at radius 2 is 1.89 bits per heavy atom. The highest BCUT2D eigenvalue weighted by atomic mass is 15.1. The Kier molecular flexibility index (Phi) is 4.46. The van der Waals surface area contributed by atoms with E-state index in [2.05, 4.69) is 21.3 Å². The molecule has 104 valence electrons. The standard InChI is InChI=1S/C16H25N3/c1-2-16(10-17-7-1)11-18-8-9-19(12-14-3-4-14)13-15-5-6-15/h1-2,7,10,14-15,18H,3-6,8-9,11-13H2. The van der Waals surface area contributed by atoms with Crippen molar-refractivity contribution < 1.29 is 0 Å². The second-order valence-corrected chi connectivity index (χ2v) is 6.18. The third kappa shape index (κ3) is 4.92. The average molecular weight is 259 g/mol. The smallest absolute Gasteiger partial charge is 0.0312 e. The molecule has 0 spiro atoms. The van der Waals surface area contributed by atoms with Crippen molar-refractivity contribution in [1.29, 1.82) is 0 Å². The predicted octanol–water partition coefficient (Wildman–Crippen LogP) is 2.29. The summed E-state index contributed by atoms with van der Waals surface area (Å²) in [6.45, 7) is 5.91. The number of nitrogens with one attached hydrogen (secondary N) is 1. The zero-order chi connectivity index (χ0) is 12.9. The van der Waals surface area contributed by atoms with Crippen LogP contribution in [-0.2, 0) is 6.54 Å². The van der Waals surface area contributed by atoms with Crippen LogP contribution in [0.2, 0.25) is 0 Å². The Bertz CT molecular complexity index is 357. The van der Waals surface area contributed by atoms with Gasteiger partial charge in [-0.3, -0.25) is 4.98 Å².